The van der Waals surface area contributed by atoms with E-state index >= 15 is 0 Å². The van der Waals surface area contributed by atoms with Gasteiger partial charge in [-0.1, -0.05) is 0 Å². The molecule has 0 radical (unpaired) electrons. The number of aliphatic hydroxyl groups is 1. The van der Waals surface area contributed by atoms with E-state index in [9.17, 15) is 0 Å². The molecule has 0 fully saturated rings. The number of aliphatic imine (C=N–C) groups is 1. The van der Waals surface area contributed by atoms with E-state index in [-0.39, 0.29) is 6.10 Å². The van der Waals surface area contributed by atoms with Gasteiger partial charge in [0.15, 0.2) is 0 Å². The molecule has 0 saturated heterocycles. The molecule has 7 heavy (non-hydrogen) atoms. The molecule has 0 bridgehead atoms. The van der Waals surface area contributed by atoms with E-state index in [1.807, 2.05) is 0 Å². The summed E-state index contributed by atoms with van der Waals surface area (Å²) in [4.78, 5) is 3.85. The Morgan fingerprint density at radius 3 is 3.00 bits per heavy atom. The van der Waals surface area contributed by atoms with E-state index in [1.165, 1.54) is 0 Å². The number of rotatable bonds is 0. The van der Waals surface area contributed by atoms with Crippen LogP contribution in [0.3, 0.4) is 0 Å². The van der Waals surface area contributed by atoms with Gasteiger partial charge in [-0.3, -0.25) is 4.99 Å². The Morgan fingerprint density at radius 2 is 2.71 bits per heavy atom. The Balaban J connectivity index is 2.32. The van der Waals surface area contributed by atoms with E-state index in [0.717, 1.165) is 5.75 Å². The molecule has 0 aliphatic carbocycles. The SMILES string of the molecule is OC1CN=CSC1. The highest BCUT2D eigenvalue weighted by Gasteiger charge is 2.03. The zero-order valence-corrected chi connectivity index (χ0v) is 4.69. The molecule has 1 aliphatic rings. The molecular weight excluding hydrogens is 110 g/mol. The van der Waals surface area contributed by atoms with Crippen molar-refractivity contribution in [2.45, 2.75) is 6.10 Å². The minimum Gasteiger partial charge on any atom is -0.390 e. The minimum absolute atomic E-state index is 0.199. The average molecular weight is 117 g/mol. The summed E-state index contributed by atoms with van der Waals surface area (Å²) in [5.41, 5.74) is 1.78. The molecule has 1 atom stereocenters. The lowest BCUT2D eigenvalue weighted by Gasteiger charge is -2.07. The highest BCUT2D eigenvalue weighted by atomic mass is 32.2. The number of nitrogens with zero attached hydrogens (tertiary/aromatic N) is 1. The summed E-state index contributed by atoms with van der Waals surface area (Å²) in [7, 11) is 0. The predicted octanol–water partition coefficient (Wildman–Crippen LogP) is 0.122. The van der Waals surface area contributed by atoms with Gasteiger partial charge in [0.05, 0.1) is 18.2 Å². The molecule has 1 unspecified atom stereocenters. The fraction of sp³-hybridized carbons (Fsp3) is 0.750. The molecule has 0 amide bonds. The van der Waals surface area contributed by atoms with Gasteiger partial charge in [-0.05, 0) is 0 Å². The first-order valence-electron chi connectivity index (χ1n) is 2.17. The normalized spacial score (nSPS) is 30.7. The van der Waals surface area contributed by atoms with Gasteiger partial charge in [-0.15, -0.1) is 11.8 Å². The molecule has 0 aromatic carbocycles. The van der Waals surface area contributed by atoms with Gasteiger partial charge in [0.2, 0.25) is 0 Å². The molecule has 0 spiro atoms. The Morgan fingerprint density at radius 1 is 1.86 bits per heavy atom. The number of hydrogen-bond donors (Lipinski definition) is 1. The van der Waals surface area contributed by atoms with Gasteiger partial charge in [0.1, 0.15) is 0 Å². The van der Waals surface area contributed by atoms with Crippen LogP contribution in [0.1, 0.15) is 0 Å². The van der Waals surface area contributed by atoms with Crippen molar-refractivity contribution >= 4 is 17.3 Å². The van der Waals surface area contributed by atoms with Crippen LogP contribution < -0.4 is 0 Å². The molecular formula is C4H7NOS. The smallest absolute Gasteiger partial charge is 0.0829 e. The van der Waals surface area contributed by atoms with Crippen molar-refractivity contribution in [1.82, 2.24) is 0 Å². The van der Waals surface area contributed by atoms with Gasteiger partial charge in [-0.2, -0.15) is 0 Å². The molecule has 1 aliphatic heterocycles. The fourth-order valence-corrected chi connectivity index (χ4v) is 1.03. The van der Waals surface area contributed by atoms with Crippen LogP contribution in [-0.2, 0) is 0 Å². The van der Waals surface area contributed by atoms with Crippen molar-refractivity contribution in [3.05, 3.63) is 0 Å². The summed E-state index contributed by atoms with van der Waals surface area (Å²) in [5, 5.41) is 8.77. The monoisotopic (exact) mass is 117 g/mol. The maximum Gasteiger partial charge on any atom is 0.0829 e. The van der Waals surface area contributed by atoms with Gasteiger partial charge >= 0.3 is 0 Å². The van der Waals surface area contributed by atoms with Crippen LogP contribution in [0.15, 0.2) is 4.99 Å². The zero-order valence-electron chi connectivity index (χ0n) is 3.87. The van der Waals surface area contributed by atoms with Crippen LogP contribution in [0.5, 0.6) is 0 Å². The topological polar surface area (TPSA) is 32.6 Å². The van der Waals surface area contributed by atoms with Crippen LogP contribution in [0, 0.1) is 0 Å². The standard InChI is InChI=1S/C4H7NOS/c6-4-1-5-3-7-2-4/h3-4,6H,1-2H2. The summed E-state index contributed by atoms with van der Waals surface area (Å²) < 4.78 is 0. The Bertz CT molecular complexity index is 83.8. The second-order valence-electron chi connectivity index (χ2n) is 1.46. The summed E-state index contributed by atoms with van der Waals surface area (Å²) in [5.74, 6) is 0.809. The third-order valence-electron chi connectivity index (χ3n) is 0.754. The van der Waals surface area contributed by atoms with Gasteiger partial charge < -0.3 is 5.11 Å². The van der Waals surface area contributed by atoms with E-state index in [4.69, 9.17) is 5.11 Å². The zero-order chi connectivity index (χ0) is 5.11. The van der Waals surface area contributed by atoms with E-state index in [0.29, 0.717) is 6.54 Å². The first kappa shape index (κ1) is 5.12. The Kier molecular flexibility index (Phi) is 1.70. The molecule has 0 aromatic rings. The summed E-state index contributed by atoms with van der Waals surface area (Å²) in [6, 6.07) is 0. The number of hydrogen-bond acceptors (Lipinski definition) is 3. The summed E-state index contributed by atoms with van der Waals surface area (Å²) >= 11 is 1.56. The van der Waals surface area contributed by atoms with E-state index in [2.05, 4.69) is 4.99 Å². The van der Waals surface area contributed by atoms with Crippen molar-refractivity contribution in [2.75, 3.05) is 12.3 Å². The van der Waals surface area contributed by atoms with Crippen LogP contribution in [-0.4, -0.2) is 29.1 Å². The van der Waals surface area contributed by atoms with Crippen molar-refractivity contribution in [2.24, 2.45) is 4.99 Å². The molecule has 1 N–H and O–H groups in total. The third-order valence-corrected chi connectivity index (χ3v) is 1.63. The van der Waals surface area contributed by atoms with Crippen molar-refractivity contribution in [3.63, 3.8) is 0 Å². The first-order valence-corrected chi connectivity index (χ1v) is 3.22. The lowest BCUT2D eigenvalue weighted by molar-refractivity contribution is 0.208. The fourth-order valence-electron chi connectivity index (χ4n) is 0.424. The molecule has 2 nitrogen and oxygen atoms in total. The maximum atomic E-state index is 8.77. The highest BCUT2D eigenvalue weighted by molar-refractivity contribution is 8.12. The lowest BCUT2D eigenvalue weighted by atomic mass is 10.4. The van der Waals surface area contributed by atoms with Crippen LogP contribution >= 0.6 is 11.8 Å². The molecule has 40 valence electrons. The van der Waals surface area contributed by atoms with Crippen LogP contribution in [0.2, 0.25) is 0 Å². The number of aliphatic hydroxyl groups excluding tert-OH is 1. The largest absolute Gasteiger partial charge is 0.390 e. The van der Waals surface area contributed by atoms with Gasteiger partial charge in [0.25, 0.3) is 0 Å². The third kappa shape index (κ3) is 1.49. The molecule has 0 saturated carbocycles. The molecule has 0 aromatic heterocycles. The van der Waals surface area contributed by atoms with E-state index < -0.39 is 0 Å². The first-order chi connectivity index (χ1) is 3.39. The molecule has 3 heteroatoms. The van der Waals surface area contributed by atoms with Crippen molar-refractivity contribution in [1.29, 1.82) is 0 Å². The minimum atomic E-state index is -0.199. The lowest BCUT2D eigenvalue weighted by Crippen LogP contribution is -2.16. The van der Waals surface area contributed by atoms with Crippen molar-refractivity contribution < 1.29 is 5.11 Å². The quantitative estimate of drug-likeness (QED) is 0.489. The van der Waals surface area contributed by atoms with Crippen LogP contribution in [0.4, 0.5) is 0 Å². The van der Waals surface area contributed by atoms with E-state index in [1.54, 1.807) is 17.3 Å². The molecule has 1 heterocycles. The van der Waals surface area contributed by atoms with Crippen LogP contribution in [0.25, 0.3) is 0 Å². The maximum absolute atomic E-state index is 8.77. The highest BCUT2D eigenvalue weighted by Crippen LogP contribution is 2.04. The summed E-state index contributed by atoms with van der Waals surface area (Å²) in [6.07, 6.45) is -0.199. The second-order valence-corrected chi connectivity index (χ2v) is 2.34. The Hall–Kier alpha value is -0.0200. The Labute approximate surface area is 46.6 Å². The van der Waals surface area contributed by atoms with Gasteiger partial charge in [0, 0.05) is 5.75 Å². The number of thioether (sulfide) groups is 1. The second kappa shape index (κ2) is 2.33. The predicted molar refractivity (Wildman–Crippen MR) is 31.8 cm³/mol. The molecule has 1 rings (SSSR count). The van der Waals surface area contributed by atoms with Crippen molar-refractivity contribution in [3.8, 4) is 0 Å². The van der Waals surface area contributed by atoms with Gasteiger partial charge in [-0.25, -0.2) is 0 Å². The summed E-state index contributed by atoms with van der Waals surface area (Å²) in [6.45, 7) is 0.590. The average Bonchev–Trinajstić information content (AvgIpc) is 1.69.